The zero-order chi connectivity index (χ0) is 15.1. The molecular weight excluding hydrogens is 288 g/mol. The number of nitrogens with two attached hydrogens (primary N) is 1. The summed E-state index contributed by atoms with van der Waals surface area (Å²) in [7, 11) is 0. The number of carbonyl (C=O) groups is 2. The summed E-state index contributed by atoms with van der Waals surface area (Å²) in [4.78, 5) is 25.8. The maximum Gasteiger partial charge on any atom is 0.268 e. The minimum atomic E-state index is -0.394. The molecule has 0 saturated heterocycles. The Bertz CT molecular complexity index is 738. The van der Waals surface area contributed by atoms with Crippen LogP contribution in [0.2, 0.25) is 0 Å². The van der Waals surface area contributed by atoms with Crippen molar-refractivity contribution in [3.63, 3.8) is 0 Å². The Morgan fingerprint density at radius 1 is 1.19 bits per heavy atom. The minimum Gasteiger partial charge on any atom is -0.399 e. The van der Waals surface area contributed by atoms with E-state index in [-0.39, 0.29) is 5.91 Å². The largest absolute Gasteiger partial charge is 0.399 e. The highest BCUT2D eigenvalue weighted by molar-refractivity contribution is 7.15. The van der Waals surface area contributed by atoms with Crippen LogP contribution in [-0.4, -0.2) is 22.0 Å². The average Bonchev–Trinajstić information content (AvgIpc) is 2.94. The SMILES string of the molecule is CC(C)Cc1nnc(N2C(=O)c3ccc(N)cc3C2=O)s1. The van der Waals surface area contributed by atoms with Gasteiger partial charge in [-0.2, -0.15) is 0 Å². The van der Waals surface area contributed by atoms with Gasteiger partial charge in [-0.1, -0.05) is 25.2 Å². The lowest BCUT2D eigenvalue weighted by molar-refractivity contribution is 0.0926. The monoisotopic (exact) mass is 302 g/mol. The van der Waals surface area contributed by atoms with E-state index in [0.29, 0.717) is 27.9 Å². The molecule has 0 bridgehead atoms. The molecule has 1 aliphatic heterocycles. The third-order valence-electron chi connectivity index (χ3n) is 3.14. The highest BCUT2D eigenvalue weighted by Crippen LogP contribution is 2.31. The zero-order valence-corrected chi connectivity index (χ0v) is 12.5. The fourth-order valence-corrected chi connectivity index (χ4v) is 3.25. The molecule has 0 spiro atoms. The van der Waals surface area contributed by atoms with Crippen LogP contribution in [0.5, 0.6) is 0 Å². The van der Waals surface area contributed by atoms with Crippen LogP contribution in [0, 0.1) is 5.92 Å². The molecule has 7 heteroatoms. The van der Waals surface area contributed by atoms with Crippen molar-refractivity contribution in [1.82, 2.24) is 10.2 Å². The number of aromatic nitrogens is 2. The van der Waals surface area contributed by atoms with Crippen molar-refractivity contribution < 1.29 is 9.59 Å². The molecule has 2 amide bonds. The van der Waals surface area contributed by atoms with Crippen molar-refractivity contribution >= 4 is 34.0 Å². The molecule has 0 radical (unpaired) electrons. The number of nitrogens with zero attached hydrogens (tertiary/aromatic N) is 3. The second kappa shape index (κ2) is 4.92. The number of fused-ring (bicyclic) bond motifs is 1. The van der Waals surface area contributed by atoms with E-state index in [1.165, 1.54) is 17.4 Å². The van der Waals surface area contributed by atoms with E-state index >= 15 is 0 Å². The third-order valence-corrected chi connectivity index (χ3v) is 4.07. The first-order valence-corrected chi connectivity index (χ1v) is 7.39. The van der Waals surface area contributed by atoms with Crippen LogP contribution in [0.25, 0.3) is 0 Å². The van der Waals surface area contributed by atoms with E-state index < -0.39 is 5.91 Å². The van der Waals surface area contributed by atoms with Gasteiger partial charge in [-0.05, 0) is 24.1 Å². The van der Waals surface area contributed by atoms with Crippen molar-refractivity contribution in [3.8, 4) is 0 Å². The van der Waals surface area contributed by atoms with Gasteiger partial charge in [0.15, 0.2) is 0 Å². The van der Waals surface area contributed by atoms with Crippen molar-refractivity contribution in [3.05, 3.63) is 34.3 Å². The summed E-state index contributed by atoms with van der Waals surface area (Å²) in [6.45, 7) is 4.15. The van der Waals surface area contributed by atoms with E-state index in [4.69, 9.17) is 5.73 Å². The lowest BCUT2D eigenvalue weighted by Crippen LogP contribution is -2.29. The van der Waals surface area contributed by atoms with Crippen molar-refractivity contribution in [1.29, 1.82) is 0 Å². The molecule has 21 heavy (non-hydrogen) atoms. The van der Waals surface area contributed by atoms with Gasteiger partial charge in [-0.15, -0.1) is 10.2 Å². The van der Waals surface area contributed by atoms with Crippen molar-refractivity contribution in [2.24, 2.45) is 5.92 Å². The summed E-state index contributed by atoms with van der Waals surface area (Å²) in [6, 6.07) is 4.70. The number of amides is 2. The predicted octanol–water partition coefficient (Wildman–Crippen LogP) is 2.12. The topological polar surface area (TPSA) is 89.2 Å². The molecule has 1 aromatic heterocycles. The molecule has 0 unspecified atom stereocenters. The number of hydrogen-bond donors (Lipinski definition) is 1. The maximum absolute atomic E-state index is 12.4. The molecular formula is C14H14N4O2S. The Labute approximate surface area is 125 Å². The predicted molar refractivity (Wildman–Crippen MR) is 80.4 cm³/mol. The first-order valence-electron chi connectivity index (χ1n) is 6.58. The van der Waals surface area contributed by atoms with Gasteiger partial charge in [0.05, 0.1) is 11.1 Å². The molecule has 0 saturated carbocycles. The normalized spacial score (nSPS) is 14.1. The van der Waals surface area contributed by atoms with E-state index in [1.54, 1.807) is 12.1 Å². The minimum absolute atomic E-state index is 0.315. The molecule has 2 aromatic rings. The third kappa shape index (κ3) is 2.29. The highest BCUT2D eigenvalue weighted by atomic mass is 32.1. The van der Waals surface area contributed by atoms with Crippen LogP contribution >= 0.6 is 11.3 Å². The van der Waals surface area contributed by atoms with Gasteiger partial charge in [-0.3, -0.25) is 9.59 Å². The van der Waals surface area contributed by atoms with Crippen LogP contribution < -0.4 is 10.6 Å². The van der Waals surface area contributed by atoms with Gasteiger partial charge < -0.3 is 5.73 Å². The smallest absolute Gasteiger partial charge is 0.268 e. The second-order valence-electron chi connectivity index (χ2n) is 5.33. The maximum atomic E-state index is 12.4. The van der Waals surface area contributed by atoms with Crippen LogP contribution in [-0.2, 0) is 6.42 Å². The Kier molecular flexibility index (Phi) is 3.21. The number of rotatable bonds is 3. The molecule has 0 atom stereocenters. The molecule has 0 aliphatic carbocycles. The number of benzene rings is 1. The summed E-state index contributed by atoms with van der Waals surface area (Å²) in [5, 5.41) is 9.16. The Balaban J connectivity index is 1.96. The lowest BCUT2D eigenvalue weighted by atomic mass is 10.1. The second-order valence-corrected chi connectivity index (χ2v) is 6.37. The number of nitrogen functional groups attached to an aromatic ring is 1. The summed E-state index contributed by atoms with van der Waals surface area (Å²) in [6.07, 6.45) is 0.772. The highest BCUT2D eigenvalue weighted by Gasteiger charge is 2.38. The quantitative estimate of drug-likeness (QED) is 0.693. The summed E-state index contributed by atoms with van der Waals surface area (Å²) in [5.41, 5.74) is 6.80. The van der Waals surface area contributed by atoms with Gasteiger partial charge in [-0.25, -0.2) is 4.90 Å². The molecule has 2 heterocycles. The van der Waals surface area contributed by atoms with Gasteiger partial charge >= 0.3 is 0 Å². The number of carbonyl (C=O) groups excluding carboxylic acids is 2. The van der Waals surface area contributed by atoms with Crippen LogP contribution in [0.4, 0.5) is 10.8 Å². The zero-order valence-electron chi connectivity index (χ0n) is 11.7. The van der Waals surface area contributed by atoms with Crippen LogP contribution in [0.15, 0.2) is 18.2 Å². The average molecular weight is 302 g/mol. The van der Waals surface area contributed by atoms with Crippen molar-refractivity contribution in [2.75, 3.05) is 10.6 Å². The molecule has 0 fully saturated rings. The molecule has 3 rings (SSSR count). The lowest BCUT2D eigenvalue weighted by Gasteiger charge is -2.07. The summed E-state index contributed by atoms with van der Waals surface area (Å²) in [5.74, 6) is -0.329. The van der Waals surface area contributed by atoms with Crippen LogP contribution in [0.3, 0.4) is 0 Å². The van der Waals surface area contributed by atoms with Gasteiger partial charge in [0.2, 0.25) is 5.13 Å². The molecule has 6 nitrogen and oxygen atoms in total. The fourth-order valence-electron chi connectivity index (χ4n) is 2.20. The van der Waals surface area contributed by atoms with E-state index in [2.05, 4.69) is 24.0 Å². The first-order chi connectivity index (χ1) is 9.97. The summed E-state index contributed by atoms with van der Waals surface area (Å²) >= 11 is 1.27. The van der Waals surface area contributed by atoms with E-state index in [1.807, 2.05) is 0 Å². The first kappa shape index (κ1) is 13.7. The van der Waals surface area contributed by atoms with Gasteiger partial charge in [0, 0.05) is 12.1 Å². The van der Waals surface area contributed by atoms with Gasteiger partial charge in [0.1, 0.15) is 5.01 Å². The van der Waals surface area contributed by atoms with Crippen molar-refractivity contribution in [2.45, 2.75) is 20.3 Å². The van der Waals surface area contributed by atoms with Crippen LogP contribution in [0.1, 0.15) is 39.6 Å². The molecule has 1 aliphatic rings. The standard InChI is InChI=1S/C14H14N4O2S/c1-7(2)5-11-16-17-14(21-11)18-12(19)9-4-3-8(15)6-10(9)13(18)20/h3-4,6-7H,5,15H2,1-2H3. The molecule has 108 valence electrons. The Morgan fingerprint density at radius 3 is 2.62 bits per heavy atom. The van der Waals surface area contributed by atoms with Gasteiger partial charge in [0.25, 0.3) is 11.8 Å². The molecule has 2 N–H and O–H groups in total. The number of imide groups is 1. The summed E-state index contributed by atoms with van der Waals surface area (Å²) < 4.78 is 0. The van der Waals surface area contributed by atoms with E-state index in [0.717, 1.165) is 16.3 Å². The van der Waals surface area contributed by atoms with E-state index in [9.17, 15) is 9.59 Å². The fraction of sp³-hybridized carbons (Fsp3) is 0.286. The Morgan fingerprint density at radius 2 is 1.90 bits per heavy atom. The number of anilines is 2. The Hall–Kier alpha value is -2.28. The number of hydrogen-bond acceptors (Lipinski definition) is 6. The molecule has 1 aromatic carbocycles.